The molecule has 0 N–H and O–H groups in total. The fraction of sp³-hybridized carbons (Fsp3) is 0.267. The van der Waals surface area contributed by atoms with Crippen LogP contribution in [0.2, 0.25) is 0 Å². The van der Waals surface area contributed by atoms with Crippen molar-refractivity contribution in [2.24, 2.45) is 0 Å². The Morgan fingerprint density at radius 3 is 2.03 bits per heavy atom. The van der Waals surface area contributed by atoms with Crippen molar-refractivity contribution < 1.29 is 23.4 Å². The molecule has 1 amide bonds. The van der Waals surface area contributed by atoms with E-state index in [9.17, 15) is 14.0 Å². The number of carbonyl (C=O) groups is 1. The lowest BCUT2D eigenvalue weighted by Crippen LogP contribution is -2.49. The number of fused-ring (bicyclic) bond motifs is 1. The second kappa shape index (κ2) is 11.1. The zero-order valence-corrected chi connectivity index (χ0v) is 22.1. The highest BCUT2D eigenvalue weighted by atomic mass is 19.1. The van der Waals surface area contributed by atoms with E-state index in [2.05, 4.69) is 4.90 Å². The van der Waals surface area contributed by atoms with Crippen LogP contribution in [-0.2, 0) is 0 Å². The number of hydrogen-bond acceptors (Lipinski definition) is 6. The summed E-state index contributed by atoms with van der Waals surface area (Å²) in [5.74, 6) is 1.05. The fourth-order valence-corrected chi connectivity index (χ4v) is 4.89. The highest BCUT2D eigenvalue weighted by Gasteiger charge is 2.26. The second-order valence-corrected chi connectivity index (χ2v) is 9.15. The van der Waals surface area contributed by atoms with E-state index in [1.165, 1.54) is 30.9 Å². The Bertz CT molecular complexity index is 1540. The number of benzene rings is 3. The molecule has 0 saturated carbocycles. The Morgan fingerprint density at radius 2 is 1.44 bits per heavy atom. The van der Waals surface area contributed by atoms with Crippen molar-refractivity contribution in [1.82, 2.24) is 9.47 Å². The van der Waals surface area contributed by atoms with Gasteiger partial charge in [0.05, 0.1) is 31.8 Å². The first-order valence-electron chi connectivity index (χ1n) is 12.8. The van der Waals surface area contributed by atoms with Gasteiger partial charge in [-0.2, -0.15) is 0 Å². The standard InChI is InChI=1S/C30H30FN3O5/c1-4-39-23-11-9-22(10-12-23)34-19-26(24-17-27(37-2)28(38-3)18-25(24)30(34)36)29(35)33-15-13-32(14-16-33)21-7-5-20(31)6-8-21/h5-12,17-19H,4,13-16H2,1-3H3. The number of carbonyl (C=O) groups excluding carboxylic acids is 1. The van der Waals surface area contributed by atoms with Crippen LogP contribution in [-0.4, -0.2) is 62.4 Å². The van der Waals surface area contributed by atoms with E-state index < -0.39 is 0 Å². The number of aromatic nitrogens is 1. The van der Waals surface area contributed by atoms with Crippen LogP contribution < -0.4 is 24.7 Å². The van der Waals surface area contributed by atoms with Crippen molar-refractivity contribution >= 4 is 22.4 Å². The Morgan fingerprint density at radius 1 is 0.846 bits per heavy atom. The first-order chi connectivity index (χ1) is 18.9. The number of ether oxygens (including phenoxy) is 3. The first-order valence-corrected chi connectivity index (χ1v) is 12.8. The lowest BCUT2D eigenvalue weighted by atomic mass is 10.0. The molecule has 1 aromatic heterocycles. The third-order valence-corrected chi connectivity index (χ3v) is 6.94. The summed E-state index contributed by atoms with van der Waals surface area (Å²) in [6.45, 7) is 4.60. The molecule has 0 atom stereocenters. The van der Waals surface area contributed by atoms with E-state index in [1.54, 1.807) is 59.6 Å². The van der Waals surface area contributed by atoms with Crippen molar-refractivity contribution in [3.8, 4) is 22.9 Å². The molecule has 0 aliphatic carbocycles. The molecule has 39 heavy (non-hydrogen) atoms. The molecule has 1 aliphatic heterocycles. The minimum absolute atomic E-state index is 0.189. The molecule has 9 heteroatoms. The maximum atomic E-state index is 13.9. The SMILES string of the molecule is CCOc1ccc(-n2cc(C(=O)N3CCN(c4ccc(F)cc4)CC3)c3cc(OC)c(OC)cc3c2=O)cc1. The van der Waals surface area contributed by atoms with E-state index in [0.29, 0.717) is 72.1 Å². The van der Waals surface area contributed by atoms with Crippen molar-refractivity contribution in [3.05, 3.63) is 88.6 Å². The van der Waals surface area contributed by atoms with Gasteiger partial charge in [-0.05, 0) is 67.6 Å². The van der Waals surface area contributed by atoms with Gasteiger partial charge in [-0.3, -0.25) is 14.2 Å². The summed E-state index contributed by atoms with van der Waals surface area (Å²) in [5, 5.41) is 0.836. The minimum atomic E-state index is -0.284. The lowest BCUT2D eigenvalue weighted by Gasteiger charge is -2.36. The number of pyridine rings is 1. The minimum Gasteiger partial charge on any atom is -0.494 e. The molecule has 1 fully saturated rings. The van der Waals surface area contributed by atoms with Gasteiger partial charge < -0.3 is 24.0 Å². The molecule has 8 nitrogen and oxygen atoms in total. The smallest absolute Gasteiger partial charge is 0.263 e. The van der Waals surface area contributed by atoms with Crippen LogP contribution in [0.15, 0.2) is 71.7 Å². The number of anilines is 1. The number of piperazine rings is 1. The van der Waals surface area contributed by atoms with Gasteiger partial charge in [0.25, 0.3) is 11.5 Å². The molecular formula is C30H30FN3O5. The first kappa shape index (κ1) is 26.1. The van der Waals surface area contributed by atoms with Crippen LogP contribution in [0.1, 0.15) is 17.3 Å². The Hall–Kier alpha value is -4.53. The number of hydrogen-bond donors (Lipinski definition) is 0. The molecule has 2 heterocycles. The fourth-order valence-electron chi connectivity index (χ4n) is 4.89. The van der Waals surface area contributed by atoms with Gasteiger partial charge in [-0.1, -0.05) is 0 Å². The molecule has 1 aliphatic rings. The maximum absolute atomic E-state index is 13.9. The monoisotopic (exact) mass is 531 g/mol. The van der Waals surface area contributed by atoms with Gasteiger partial charge in [0.15, 0.2) is 11.5 Å². The predicted octanol–water partition coefficient (Wildman–Crippen LogP) is 4.51. The number of halogens is 1. The van der Waals surface area contributed by atoms with Crippen LogP contribution in [0.3, 0.4) is 0 Å². The summed E-state index contributed by atoms with van der Waals surface area (Å²) in [6, 6.07) is 16.8. The molecule has 202 valence electrons. The summed E-state index contributed by atoms with van der Waals surface area (Å²) >= 11 is 0. The van der Waals surface area contributed by atoms with Crippen LogP contribution >= 0.6 is 0 Å². The molecule has 0 unspecified atom stereocenters. The summed E-state index contributed by atoms with van der Waals surface area (Å²) < 4.78 is 31.3. The summed E-state index contributed by atoms with van der Waals surface area (Å²) in [6.07, 6.45) is 1.60. The molecule has 0 bridgehead atoms. The number of methoxy groups -OCH3 is 2. The van der Waals surface area contributed by atoms with Crippen LogP contribution in [0.5, 0.6) is 17.2 Å². The Balaban J connectivity index is 1.54. The van der Waals surface area contributed by atoms with E-state index in [1.807, 2.05) is 6.92 Å². The molecule has 4 aromatic rings. The molecule has 3 aromatic carbocycles. The topological polar surface area (TPSA) is 73.2 Å². The highest BCUT2D eigenvalue weighted by Crippen LogP contribution is 2.33. The summed E-state index contributed by atoms with van der Waals surface area (Å²) in [4.78, 5) is 31.5. The van der Waals surface area contributed by atoms with Crippen molar-refractivity contribution in [2.75, 3.05) is 51.9 Å². The molecule has 5 rings (SSSR count). The third-order valence-electron chi connectivity index (χ3n) is 6.94. The quantitative estimate of drug-likeness (QED) is 0.350. The van der Waals surface area contributed by atoms with Crippen molar-refractivity contribution in [2.45, 2.75) is 6.92 Å². The highest BCUT2D eigenvalue weighted by molar-refractivity contribution is 6.07. The molecule has 0 spiro atoms. The number of nitrogens with zero attached hydrogens (tertiary/aromatic N) is 3. The number of amides is 1. The average molecular weight is 532 g/mol. The zero-order chi connectivity index (χ0) is 27.5. The van der Waals surface area contributed by atoms with E-state index >= 15 is 0 Å². The van der Waals surface area contributed by atoms with Gasteiger partial charge in [0.1, 0.15) is 11.6 Å². The summed E-state index contributed by atoms with van der Waals surface area (Å²) in [5.41, 5.74) is 1.62. The summed E-state index contributed by atoms with van der Waals surface area (Å²) in [7, 11) is 3.02. The van der Waals surface area contributed by atoms with Crippen LogP contribution in [0.4, 0.5) is 10.1 Å². The van der Waals surface area contributed by atoms with E-state index in [4.69, 9.17) is 14.2 Å². The normalized spacial score (nSPS) is 13.4. The van der Waals surface area contributed by atoms with Crippen molar-refractivity contribution in [3.63, 3.8) is 0 Å². The average Bonchev–Trinajstić information content (AvgIpc) is 2.97. The Labute approximate surface area is 225 Å². The van der Waals surface area contributed by atoms with Gasteiger partial charge >= 0.3 is 0 Å². The lowest BCUT2D eigenvalue weighted by molar-refractivity contribution is 0.0748. The van der Waals surface area contributed by atoms with Crippen LogP contribution in [0.25, 0.3) is 16.5 Å². The molecular weight excluding hydrogens is 501 g/mol. The number of rotatable bonds is 7. The van der Waals surface area contributed by atoms with E-state index in [0.717, 1.165) is 5.69 Å². The van der Waals surface area contributed by atoms with Gasteiger partial charge in [-0.25, -0.2) is 4.39 Å². The molecule has 1 saturated heterocycles. The van der Waals surface area contributed by atoms with Crippen molar-refractivity contribution in [1.29, 1.82) is 0 Å². The Kier molecular flexibility index (Phi) is 7.40. The predicted molar refractivity (Wildman–Crippen MR) is 148 cm³/mol. The third kappa shape index (κ3) is 5.12. The second-order valence-electron chi connectivity index (χ2n) is 9.15. The van der Waals surface area contributed by atoms with Gasteiger partial charge in [-0.15, -0.1) is 0 Å². The zero-order valence-electron chi connectivity index (χ0n) is 22.1. The largest absolute Gasteiger partial charge is 0.494 e. The maximum Gasteiger partial charge on any atom is 0.263 e. The van der Waals surface area contributed by atoms with Crippen LogP contribution in [0, 0.1) is 5.82 Å². The van der Waals surface area contributed by atoms with Gasteiger partial charge in [0, 0.05) is 49.1 Å². The molecule has 0 radical (unpaired) electrons. The van der Waals surface area contributed by atoms with E-state index in [-0.39, 0.29) is 17.3 Å². The van der Waals surface area contributed by atoms with Gasteiger partial charge in [0.2, 0.25) is 0 Å².